The largest absolute Gasteiger partial charge is 0.366 e. The molecule has 1 heterocycles. The van der Waals surface area contributed by atoms with Gasteiger partial charge in [-0.1, -0.05) is 12.1 Å². The van der Waals surface area contributed by atoms with Crippen LogP contribution >= 0.6 is 0 Å². The Morgan fingerprint density at radius 2 is 1.70 bits per heavy atom. The topological polar surface area (TPSA) is 127 Å². The number of hydrogen-bond acceptors (Lipinski definition) is 5. The highest BCUT2D eigenvalue weighted by Crippen LogP contribution is 2.29. The molecule has 8 nitrogen and oxygen atoms in total. The van der Waals surface area contributed by atoms with E-state index in [9.17, 15) is 22.8 Å². The Morgan fingerprint density at radius 3 is 2.30 bits per heavy atom. The van der Waals surface area contributed by atoms with Gasteiger partial charge in [-0.3, -0.25) is 24.0 Å². The van der Waals surface area contributed by atoms with Gasteiger partial charge in [0.15, 0.2) is 0 Å². The van der Waals surface area contributed by atoms with E-state index in [-0.39, 0.29) is 40.8 Å². The highest BCUT2D eigenvalue weighted by molar-refractivity contribution is 7.92. The quantitative estimate of drug-likeness (QED) is 0.753. The first kappa shape index (κ1) is 18.6. The van der Waals surface area contributed by atoms with E-state index in [0.29, 0.717) is 11.3 Å². The number of amides is 3. The summed E-state index contributed by atoms with van der Waals surface area (Å²) in [6.45, 7) is 1.62. The van der Waals surface area contributed by atoms with Crippen molar-refractivity contribution in [2.24, 2.45) is 5.73 Å². The Hall–Kier alpha value is -3.20. The van der Waals surface area contributed by atoms with Crippen LogP contribution in [-0.2, 0) is 19.6 Å². The van der Waals surface area contributed by atoms with Crippen LogP contribution in [0.5, 0.6) is 0 Å². The van der Waals surface area contributed by atoms with Gasteiger partial charge in [0.05, 0.1) is 21.8 Å². The summed E-state index contributed by atoms with van der Waals surface area (Å²) in [6.07, 6.45) is 0.285. The van der Waals surface area contributed by atoms with Gasteiger partial charge in [0, 0.05) is 12.8 Å². The van der Waals surface area contributed by atoms with Crippen molar-refractivity contribution in [1.29, 1.82) is 0 Å². The normalized spacial score (nSPS) is 14.5. The van der Waals surface area contributed by atoms with E-state index in [0.717, 1.165) is 4.90 Å². The fourth-order valence-electron chi connectivity index (χ4n) is 2.88. The molecule has 3 amide bonds. The van der Waals surface area contributed by atoms with Crippen LogP contribution in [-0.4, -0.2) is 26.1 Å². The minimum atomic E-state index is -4.01. The smallest absolute Gasteiger partial charge is 0.261 e. The van der Waals surface area contributed by atoms with E-state index in [2.05, 4.69) is 4.72 Å². The van der Waals surface area contributed by atoms with Crippen LogP contribution < -0.4 is 15.4 Å². The van der Waals surface area contributed by atoms with Crippen molar-refractivity contribution in [1.82, 2.24) is 0 Å². The molecule has 0 spiro atoms. The van der Waals surface area contributed by atoms with Gasteiger partial charge in [-0.2, -0.15) is 0 Å². The minimum absolute atomic E-state index is 0.0441. The number of anilines is 2. The summed E-state index contributed by atoms with van der Waals surface area (Å²) in [5.74, 6) is -1.38. The number of carbonyl (C=O) groups excluding carboxylic acids is 3. The molecule has 9 heteroatoms. The maximum atomic E-state index is 12.7. The summed E-state index contributed by atoms with van der Waals surface area (Å²) in [6, 6.07) is 10.1. The second-order valence-corrected chi connectivity index (χ2v) is 7.77. The zero-order chi connectivity index (χ0) is 19.8. The van der Waals surface area contributed by atoms with Crippen LogP contribution in [0.25, 0.3) is 0 Å². The first-order valence-corrected chi connectivity index (χ1v) is 9.57. The molecule has 27 heavy (non-hydrogen) atoms. The number of rotatable bonds is 5. The Bertz CT molecular complexity index is 1050. The fraction of sp³-hybridized carbons (Fsp3) is 0.167. The molecule has 1 aliphatic heterocycles. The van der Waals surface area contributed by atoms with E-state index in [4.69, 9.17) is 5.73 Å². The maximum Gasteiger partial charge on any atom is 0.261 e. The van der Waals surface area contributed by atoms with Crippen LogP contribution in [0.1, 0.15) is 28.8 Å². The zero-order valence-electron chi connectivity index (χ0n) is 14.4. The summed E-state index contributed by atoms with van der Waals surface area (Å²) < 4.78 is 27.7. The summed E-state index contributed by atoms with van der Waals surface area (Å²) in [5.41, 5.74) is 6.20. The molecule has 0 aliphatic carbocycles. The average molecular weight is 387 g/mol. The number of carbonyl (C=O) groups is 3. The third kappa shape index (κ3) is 3.54. The van der Waals surface area contributed by atoms with Crippen LogP contribution in [0.15, 0.2) is 47.4 Å². The number of nitrogens with one attached hydrogen (secondary N) is 1. The number of nitrogens with zero attached hydrogens (tertiary/aromatic N) is 1. The van der Waals surface area contributed by atoms with Gasteiger partial charge in [0.1, 0.15) is 0 Å². The predicted octanol–water partition coefficient (Wildman–Crippen LogP) is 1.55. The molecule has 3 rings (SSSR count). The lowest BCUT2D eigenvalue weighted by atomic mass is 10.2. The predicted molar refractivity (Wildman–Crippen MR) is 98.7 cm³/mol. The van der Waals surface area contributed by atoms with Crippen LogP contribution in [0.4, 0.5) is 11.4 Å². The number of benzene rings is 2. The van der Waals surface area contributed by atoms with E-state index >= 15 is 0 Å². The Kier molecular flexibility index (Phi) is 4.71. The van der Waals surface area contributed by atoms with Crippen molar-refractivity contribution in [2.75, 3.05) is 9.62 Å². The van der Waals surface area contributed by atoms with Gasteiger partial charge in [0.25, 0.3) is 15.9 Å². The lowest BCUT2D eigenvalue weighted by Crippen LogP contribution is -2.29. The first-order chi connectivity index (χ1) is 12.7. The van der Waals surface area contributed by atoms with Crippen molar-refractivity contribution in [2.45, 2.75) is 24.7 Å². The summed E-state index contributed by atoms with van der Waals surface area (Å²) >= 11 is 0. The van der Waals surface area contributed by atoms with Crippen LogP contribution in [0.3, 0.4) is 0 Å². The highest BCUT2D eigenvalue weighted by atomic mass is 32.2. The molecule has 0 atom stereocenters. The Balaban J connectivity index is 1.95. The van der Waals surface area contributed by atoms with Gasteiger partial charge in [-0.25, -0.2) is 8.42 Å². The molecular formula is C18H17N3O5S. The SMILES string of the molecule is Cc1cc(S(=O)(=O)Nc2ccccc2C(N)=O)ccc1N1C(=O)CCC1=O. The van der Waals surface area contributed by atoms with Gasteiger partial charge >= 0.3 is 0 Å². The highest BCUT2D eigenvalue weighted by Gasteiger charge is 2.31. The molecule has 0 unspecified atom stereocenters. The molecule has 140 valence electrons. The van der Waals surface area contributed by atoms with Crippen molar-refractivity contribution >= 4 is 39.1 Å². The van der Waals surface area contributed by atoms with Gasteiger partial charge in [0.2, 0.25) is 11.8 Å². The van der Waals surface area contributed by atoms with Gasteiger partial charge in [-0.15, -0.1) is 0 Å². The minimum Gasteiger partial charge on any atom is -0.366 e. The molecule has 0 bridgehead atoms. The van der Waals surface area contributed by atoms with Crippen molar-refractivity contribution in [3.63, 3.8) is 0 Å². The summed E-state index contributed by atoms with van der Waals surface area (Å²) in [4.78, 5) is 36.3. The Morgan fingerprint density at radius 1 is 1.07 bits per heavy atom. The summed E-state index contributed by atoms with van der Waals surface area (Å²) in [5, 5.41) is 0. The van der Waals surface area contributed by atoms with Crippen molar-refractivity contribution in [3.8, 4) is 0 Å². The number of hydrogen-bond donors (Lipinski definition) is 2. The molecule has 0 saturated carbocycles. The molecule has 0 radical (unpaired) electrons. The molecule has 1 saturated heterocycles. The summed E-state index contributed by atoms with van der Waals surface area (Å²) in [7, 11) is -4.01. The average Bonchev–Trinajstić information content (AvgIpc) is 2.93. The number of sulfonamides is 1. The van der Waals surface area contributed by atoms with E-state index in [1.807, 2.05) is 0 Å². The molecular weight excluding hydrogens is 370 g/mol. The molecule has 0 aromatic heterocycles. The van der Waals surface area contributed by atoms with Crippen molar-refractivity contribution in [3.05, 3.63) is 53.6 Å². The second-order valence-electron chi connectivity index (χ2n) is 6.09. The fourth-order valence-corrected chi connectivity index (χ4v) is 4.05. The van der Waals surface area contributed by atoms with Gasteiger partial charge < -0.3 is 5.73 Å². The number of primary amides is 1. The third-order valence-electron chi connectivity index (χ3n) is 4.21. The molecule has 3 N–H and O–H groups in total. The first-order valence-electron chi connectivity index (χ1n) is 8.09. The van der Waals surface area contributed by atoms with Crippen LogP contribution in [0.2, 0.25) is 0 Å². The van der Waals surface area contributed by atoms with E-state index < -0.39 is 15.9 Å². The molecule has 1 fully saturated rings. The van der Waals surface area contributed by atoms with E-state index in [1.165, 1.54) is 30.3 Å². The molecule has 2 aromatic carbocycles. The number of para-hydroxylation sites is 1. The maximum absolute atomic E-state index is 12.7. The second kappa shape index (κ2) is 6.84. The lowest BCUT2D eigenvalue weighted by molar-refractivity contribution is -0.121. The number of aryl methyl sites for hydroxylation is 1. The lowest BCUT2D eigenvalue weighted by Gasteiger charge is -2.18. The van der Waals surface area contributed by atoms with Crippen molar-refractivity contribution < 1.29 is 22.8 Å². The molecule has 1 aliphatic rings. The Labute approximate surface area is 156 Å². The standard InChI is InChI=1S/C18H17N3O5S/c1-11-10-12(6-7-15(11)21-16(22)8-9-17(21)23)27(25,26)20-14-5-3-2-4-13(14)18(19)24/h2-7,10,20H,8-9H2,1H3,(H2,19,24). The number of nitrogens with two attached hydrogens (primary N) is 1. The number of imide groups is 1. The third-order valence-corrected chi connectivity index (χ3v) is 5.57. The van der Waals surface area contributed by atoms with Gasteiger partial charge in [-0.05, 0) is 42.8 Å². The van der Waals surface area contributed by atoms with E-state index in [1.54, 1.807) is 19.1 Å². The monoisotopic (exact) mass is 387 g/mol. The zero-order valence-corrected chi connectivity index (χ0v) is 15.2. The van der Waals surface area contributed by atoms with Crippen LogP contribution in [0, 0.1) is 6.92 Å². The molecule has 2 aromatic rings.